The molecule has 0 fully saturated rings. The first-order chi connectivity index (χ1) is 10.5. The molecule has 2 rings (SSSR count). The quantitative estimate of drug-likeness (QED) is 0.576. The zero-order chi connectivity index (χ0) is 16.1. The van der Waals surface area contributed by atoms with Crippen LogP contribution in [0.15, 0.2) is 18.6 Å². The van der Waals surface area contributed by atoms with Crippen molar-refractivity contribution in [3.05, 3.63) is 29.8 Å². The first-order valence-electron chi connectivity index (χ1n) is 6.97. The van der Waals surface area contributed by atoms with E-state index in [4.69, 9.17) is 12.2 Å². The van der Waals surface area contributed by atoms with Gasteiger partial charge >= 0.3 is 0 Å². The van der Waals surface area contributed by atoms with Gasteiger partial charge in [-0.15, -0.1) is 0 Å². The molecule has 118 valence electrons. The van der Waals surface area contributed by atoms with Gasteiger partial charge in [0.1, 0.15) is 0 Å². The lowest BCUT2D eigenvalue weighted by Crippen LogP contribution is -2.43. The van der Waals surface area contributed by atoms with Crippen LogP contribution in [0.1, 0.15) is 29.9 Å². The van der Waals surface area contributed by atoms with Crippen LogP contribution in [0.2, 0.25) is 0 Å². The van der Waals surface area contributed by atoms with Gasteiger partial charge in [0.25, 0.3) is 5.91 Å². The second kappa shape index (κ2) is 7.03. The number of nitrogens with zero attached hydrogens (tertiary/aromatic N) is 4. The molecule has 0 atom stereocenters. The Kier molecular flexibility index (Phi) is 5.10. The molecule has 0 bridgehead atoms. The average molecular weight is 321 g/mol. The molecule has 2 aromatic heterocycles. The molecule has 0 aliphatic rings. The molecule has 0 saturated carbocycles. The maximum Gasteiger partial charge on any atom is 0.272 e. The summed E-state index contributed by atoms with van der Waals surface area (Å²) in [5.41, 5.74) is 7.42. The number of rotatable bonds is 4. The summed E-state index contributed by atoms with van der Waals surface area (Å²) in [5.74, 6) is -0.301. The van der Waals surface area contributed by atoms with Gasteiger partial charge < -0.3 is 5.32 Å². The standard InChI is InChI=1S/C13H19N7OS/c1-4-19-8-10(6-14-19)12(21)17-18-13(22)16-11-7-15-20(5-2)9(11)3/h6-8H,4-5H2,1-3H3,(H,17,21)(H2,16,18,22). The van der Waals surface area contributed by atoms with Gasteiger partial charge in [-0.05, 0) is 33.0 Å². The number of thiocarbonyl (C=S) groups is 1. The predicted molar refractivity (Wildman–Crippen MR) is 87.4 cm³/mol. The number of aromatic nitrogens is 4. The van der Waals surface area contributed by atoms with Crippen LogP contribution in [-0.4, -0.2) is 30.6 Å². The molecule has 0 aliphatic heterocycles. The smallest absolute Gasteiger partial charge is 0.272 e. The van der Waals surface area contributed by atoms with Crippen molar-refractivity contribution in [2.24, 2.45) is 0 Å². The summed E-state index contributed by atoms with van der Waals surface area (Å²) >= 11 is 5.14. The summed E-state index contributed by atoms with van der Waals surface area (Å²) in [7, 11) is 0. The highest BCUT2D eigenvalue weighted by molar-refractivity contribution is 7.80. The molecular formula is C13H19N7OS. The number of anilines is 1. The normalized spacial score (nSPS) is 10.3. The Labute approximate surface area is 133 Å². The van der Waals surface area contributed by atoms with Crippen molar-refractivity contribution < 1.29 is 4.79 Å². The predicted octanol–water partition coefficient (Wildman–Crippen LogP) is 1.06. The van der Waals surface area contributed by atoms with Crippen LogP contribution in [0.25, 0.3) is 0 Å². The molecule has 9 heteroatoms. The topological polar surface area (TPSA) is 88.8 Å². The first-order valence-corrected chi connectivity index (χ1v) is 7.38. The highest BCUT2D eigenvalue weighted by Gasteiger charge is 2.10. The molecule has 0 unspecified atom stereocenters. The molecule has 0 aliphatic carbocycles. The van der Waals surface area contributed by atoms with E-state index in [0.29, 0.717) is 12.1 Å². The highest BCUT2D eigenvalue weighted by atomic mass is 32.1. The number of carbonyl (C=O) groups excluding carboxylic acids is 1. The third kappa shape index (κ3) is 3.61. The van der Waals surface area contributed by atoms with E-state index in [2.05, 4.69) is 26.4 Å². The fraction of sp³-hybridized carbons (Fsp3) is 0.385. The van der Waals surface area contributed by atoms with Gasteiger partial charge in [0.15, 0.2) is 5.11 Å². The molecule has 0 saturated heterocycles. The Morgan fingerprint density at radius 1 is 1.23 bits per heavy atom. The number of amides is 1. The maximum atomic E-state index is 11.9. The van der Waals surface area contributed by atoms with Crippen molar-refractivity contribution >= 4 is 28.9 Å². The molecule has 2 heterocycles. The van der Waals surface area contributed by atoms with E-state index in [1.54, 1.807) is 17.1 Å². The summed E-state index contributed by atoms with van der Waals surface area (Å²) in [5, 5.41) is 11.5. The van der Waals surface area contributed by atoms with Crippen molar-refractivity contribution in [2.45, 2.75) is 33.9 Å². The van der Waals surface area contributed by atoms with E-state index >= 15 is 0 Å². The monoisotopic (exact) mass is 321 g/mol. The van der Waals surface area contributed by atoms with Gasteiger partial charge in [0, 0.05) is 19.3 Å². The van der Waals surface area contributed by atoms with Crippen molar-refractivity contribution in [1.82, 2.24) is 30.4 Å². The summed E-state index contributed by atoms with van der Waals surface area (Å²) < 4.78 is 3.52. The number of hydrogen-bond acceptors (Lipinski definition) is 4. The number of hydrazine groups is 1. The molecule has 3 N–H and O–H groups in total. The number of nitrogens with one attached hydrogen (secondary N) is 3. The minimum atomic E-state index is -0.301. The van der Waals surface area contributed by atoms with Gasteiger partial charge in [-0.2, -0.15) is 10.2 Å². The molecule has 0 aromatic carbocycles. The molecule has 2 aromatic rings. The highest BCUT2D eigenvalue weighted by Crippen LogP contribution is 2.12. The fourth-order valence-corrected chi connectivity index (χ4v) is 2.04. The van der Waals surface area contributed by atoms with Crippen LogP contribution in [-0.2, 0) is 13.1 Å². The minimum absolute atomic E-state index is 0.287. The van der Waals surface area contributed by atoms with Crippen LogP contribution in [0.3, 0.4) is 0 Å². The molecule has 8 nitrogen and oxygen atoms in total. The van der Waals surface area contributed by atoms with Crippen LogP contribution in [0.5, 0.6) is 0 Å². The lowest BCUT2D eigenvalue weighted by Gasteiger charge is -2.10. The average Bonchev–Trinajstić information content (AvgIpc) is 3.12. The Bertz CT molecular complexity index is 676. The largest absolute Gasteiger partial charge is 0.329 e. The van der Waals surface area contributed by atoms with Gasteiger partial charge in [0.05, 0.1) is 29.3 Å². The zero-order valence-electron chi connectivity index (χ0n) is 12.8. The zero-order valence-corrected chi connectivity index (χ0v) is 13.6. The van der Waals surface area contributed by atoms with Gasteiger partial charge in [0.2, 0.25) is 0 Å². The minimum Gasteiger partial charge on any atom is -0.329 e. The van der Waals surface area contributed by atoms with E-state index in [1.165, 1.54) is 6.20 Å². The molecule has 0 radical (unpaired) electrons. The van der Waals surface area contributed by atoms with E-state index in [1.807, 2.05) is 25.5 Å². The van der Waals surface area contributed by atoms with Crippen LogP contribution in [0, 0.1) is 6.92 Å². The van der Waals surface area contributed by atoms with Crippen LogP contribution >= 0.6 is 12.2 Å². The van der Waals surface area contributed by atoms with E-state index < -0.39 is 0 Å². The van der Waals surface area contributed by atoms with E-state index in [0.717, 1.165) is 17.9 Å². The molecule has 1 amide bonds. The molecule has 0 spiro atoms. The number of hydrogen-bond donors (Lipinski definition) is 3. The summed E-state index contributed by atoms with van der Waals surface area (Å²) in [6.45, 7) is 7.40. The van der Waals surface area contributed by atoms with Gasteiger partial charge in [-0.3, -0.25) is 25.0 Å². The summed E-state index contributed by atoms with van der Waals surface area (Å²) in [4.78, 5) is 11.9. The third-order valence-corrected chi connectivity index (χ3v) is 3.36. The third-order valence-electron chi connectivity index (χ3n) is 3.16. The lowest BCUT2D eigenvalue weighted by atomic mass is 10.3. The van der Waals surface area contributed by atoms with Crippen molar-refractivity contribution in [1.29, 1.82) is 0 Å². The van der Waals surface area contributed by atoms with Crippen LogP contribution < -0.4 is 16.2 Å². The Balaban J connectivity index is 1.87. The molecular weight excluding hydrogens is 302 g/mol. The number of aryl methyl sites for hydroxylation is 2. The fourth-order valence-electron chi connectivity index (χ4n) is 1.88. The second-order valence-corrected chi connectivity index (χ2v) is 4.99. The van der Waals surface area contributed by atoms with Gasteiger partial charge in [-0.1, -0.05) is 0 Å². The maximum absolute atomic E-state index is 11.9. The van der Waals surface area contributed by atoms with Crippen molar-refractivity contribution in [3.8, 4) is 0 Å². The van der Waals surface area contributed by atoms with Crippen LogP contribution in [0.4, 0.5) is 5.69 Å². The second-order valence-electron chi connectivity index (χ2n) is 4.58. The summed E-state index contributed by atoms with van der Waals surface area (Å²) in [6, 6.07) is 0. The summed E-state index contributed by atoms with van der Waals surface area (Å²) in [6.07, 6.45) is 4.87. The Morgan fingerprint density at radius 3 is 2.59 bits per heavy atom. The van der Waals surface area contributed by atoms with E-state index in [-0.39, 0.29) is 11.0 Å². The van der Waals surface area contributed by atoms with Crippen molar-refractivity contribution in [2.75, 3.05) is 5.32 Å². The molecule has 22 heavy (non-hydrogen) atoms. The Hall–Kier alpha value is -2.42. The van der Waals surface area contributed by atoms with Gasteiger partial charge in [-0.25, -0.2) is 0 Å². The Morgan fingerprint density at radius 2 is 2.00 bits per heavy atom. The van der Waals surface area contributed by atoms with E-state index in [9.17, 15) is 4.79 Å². The first kappa shape index (κ1) is 16.0. The SMILES string of the molecule is CCn1cc(C(=O)NNC(=S)Nc2cnn(CC)c2C)cn1. The lowest BCUT2D eigenvalue weighted by molar-refractivity contribution is 0.0944. The van der Waals surface area contributed by atoms with Crippen molar-refractivity contribution in [3.63, 3.8) is 0 Å². The number of carbonyl (C=O) groups is 1.